The maximum absolute atomic E-state index is 14.8. The van der Waals surface area contributed by atoms with Gasteiger partial charge in [0.05, 0.1) is 6.61 Å². The molecule has 0 spiro atoms. The Morgan fingerprint density at radius 1 is 0.848 bits per heavy atom. The maximum Gasteiger partial charge on any atom is 0.167 e. The molecule has 0 saturated carbocycles. The van der Waals surface area contributed by atoms with Gasteiger partial charge in [-0.3, -0.25) is 0 Å². The second kappa shape index (κ2) is 10.7. The van der Waals surface area contributed by atoms with Crippen molar-refractivity contribution < 1.29 is 22.6 Å². The zero-order valence-electron chi connectivity index (χ0n) is 18.6. The molecule has 0 aliphatic heterocycles. The van der Waals surface area contributed by atoms with Crippen molar-refractivity contribution in [2.24, 2.45) is 0 Å². The van der Waals surface area contributed by atoms with Gasteiger partial charge in [-0.25, -0.2) is 13.2 Å². The third kappa shape index (κ3) is 5.95. The number of hydrogen-bond acceptors (Lipinski definition) is 2. The highest BCUT2D eigenvalue weighted by Gasteiger charge is 2.16. The van der Waals surface area contributed by atoms with Gasteiger partial charge in [0.2, 0.25) is 0 Å². The minimum Gasteiger partial charge on any atom is -0.491 e. The molecular formula is C28H25F3O2. The quantitative estimate of drug-likeness (QED) is 0.243. The smallest absolute Gasteiger partial charge is 0.167 e. The molecule has 0 atom stereocenters. The molecule has 0 fully saturated rings. The number of rotatable bonds is 9. The summed E-state index contributed by atoms with van der Waals surface area (Å²) in [7, 11) is 0. The summed E-state index contributed by atoms with van der Waals surface area (Å²) < 4.78 is 54.1. The van der Waals surface area contributed by atoms with E-state index in [-0.39, 0.29) is 23.5 Å². The van der Waals surface area contributed by atoms with Crippen LogP contribution in [0.3, 0.4) is 0 Å². The Kier molecular flexibility index (Phi) is 7.78. The fourth-order valence-corrected chi connectivity index (χ4v) is 3.18. The number of hydrogen-bond donors (Lipinski definition) is 0. The summed E-state index contributed by atoms with van der Waals surface area (Å²) in [6.07, 6.45) is 1.19. The molecule has 0 unspecified atom stereocenters. The van der Waals surface area contributed by atoms with Gasteiger partial charge in [0.25, 0.3) is 0 Å². The summed E-state index contributed by atoms with van der Waals surface area (Å²) in [6, 6.07) is 16.9. The van der Waals surface area contributed by atoms with Crippen molar-refractivity contribution in [3.63, 3.8) is 0 Å². The van der Waals surface area contributed by atoms with E-state index in [1.165, 1.54) is 6.08 Å². The molecule has 33 heavy (non-hydrogen) atoms. The second-order valence-corrected chi connectivity index (χ2v) is 7.47. The molecule has 3 aromatic carbocycles. The fourth-order valence-electron chi connectivity index (χ4n) is 3.18. The van der Waals surface area contributed by atoms with Crippen LogP contribution < -0.4 is 4.74 Å². The monoisotopic (exact) mass is 450 g/mol. The molecule has 0 heterocycles. The Morgan fingerprint density at radius 2 is 1.36 bits per heavy atom. The number of ether oxygens (including phenoxy) is 2. The van der Waals surface area contributed by atoms with Crippen molar-refractivity contribution in [3.05, 3.63) is 114 Å². The molecule has 0 aromatic heterocycles. The highest BCUT2D eigenvalue weighted by molar-refractivity contribution is 5.72. The van der Waals surface area contributed by atoms with Gasteiger partial charge in [-0.2, -0.15) is 0 Å². The van der Waals surface area contributed by atoms with Crippen molar-refractivity contribution in [3.8, 4) is 28.0 Å². The predicted octanol–water partition coefficient (Wildman–Crippen LogP) is 7.95. The molecule has 5 heteroatoms. The first-order chi connectivity index (χ1) is 15.8. The number of benzene rings is 3. The molecule has 2 nitrogen and oxygen atoms in total. The Bertz CT molecular complexity index is 1180. The average Bonchev–Trinajstić information content (AvgIpc) is 2.81. The van der Waals surface area contributed by atoms with E-state index in [4.69, 9.17) is 9.47 Å². The van der Waals surface area contributed by atoms with Crippen molar-refractivity contribution >= 4 is 0 Å². The molecular weight excluding hydrogens is 425 g/mol. The van der Waals surface area contributed by atoms with Gasteiger partial charge in [0.1, 0.15) is 18.1 Å². The van der Waals surface area contributed by atoms with Gasteiger partial charge in [-0.05, 0) is 48.8 Å². The lowest BCUT2D eigenvalue weighted by Gasteiger charge is -2.11. The molecule has 0 aliphatic carbocycles. The van der Waals surface area contributed by atoms with E-state index in [1.807, 2.05) is 19.1 Å². The molecule has 0 aliphatic rings. The maximum atomic E-state index is 14.8. The molecule has 0 saturated heterocycles. The summed E-state index contributed by atoms with van der Waals surface area (Å²) in [4.78, 5) is 0. The van der Waals surface area contributed by atoms with Gasteiger partial charge in [-0.1, -0.05) is 67.3 Å². The first kappa shape index (κ1) is 23.9. The van der Waals surface area contributed by atoms with Crippen molar-refractivity contribution in [2.75, 3.05) is 13.2 Å². The summed E-state index contributed by atoms with van der Waals surface area (Å²) in [6.45, 7) is 11.3. The third-order valence-corrected chi connectivity index (χ3v) is 4.95. The lowest BCUT2D eigenvalue weighted by atomic mass is 9.98. The van der Waals surface area contributed by atoms with Crippen LogP contribution in [0.5, 0.6) is 5.75 Å². The second-order valence-electron chi connectivity index (χ2n) is 7.47. The molecule has 3 aromatic rings. The van der Waals surface area contributed by atoms with E-state index < -0.39 is 17.5 Å². The summed E-state index contributed by atoms with van der Waals surface area (Å²) in [5.41, 5.74) is 2.91. The van der Waals surface area contributed by atoms with Crippen LogP contribution in [0, 0.1) is 18.6 Å². The van der Waals surface area contributed by atoms with Crippen LogP contribution in [-0.4, -0.2) is 13.2 Å². The average molecular weight is 451 g/mol. The topological polar surface area (TPSA) is 18.5 Å². The minimum atomic E-state index is -0.912. The molecule has 0 amide bonds. The van der Waals surface area contributed by atoms with Gasteiger partial charge >= 0.3 is 0 Å². The highest BCUT2D eigenvalue weighted by Crippen LogP contribution is 2.32. The lowest BCUT2D eigenvalue weighted by Crippen LogP contribution is -2.00. The standard InChI is InChI=1S/C28H25F3O2/c1-5-32-20(4)26(29)16-19(3)17-33-23-12-10-22(11-13-23)25-15-14-24(27(30)28(25)31)21-8-6-18(2)7-9-21/h6-16H,3-5,17H2,1-2H3/b26-16+. The van der Waals surface area contributed by atoms with E-state index in [0.29, 0.717) is 29.1 Å². The normalized spacial score (nSPS) is 11.2. The van der Waals surface area contributed by atoms with E-state index in [9.17, 15) is 13.2 Å². The van der Waals surface area contributed by atoms with E-state index in [2.05, 4.69) is 13.2 Å². The van der Waals surface area contributed by atoms with E-state index >= 15 is 0 Å². The van der Waals surface area contributed by atoms with Crippen LogP contribution in [0.4, 0.5) is 13.2 Å². The zero-order valence-corrected chi connectivity index (χ0v) is 18.6. The highest BCUT2D eigenvalue weighted by atomic mass is 19.2. The molecule has 0 bridgehead atoms. The van der Waals surface area contributed by atoms with E-state index in [0.717, 1.165) is 5.56 Å². The van der Waals surface area contributed by atoms with Gasteiger partial charge in [-0.15, -0.1) is 0 Å². The van der Waals surface area contributed by atoms with Crippen LogP contribution in [-0.2, 0) is 4.74 Å². The van der Waals surface area contributed by atoms with Crippen LogP contribution >= 0.6 is 0 Å². The van der Waals surface area contributed by atoms with Crippen molar-refractivity contribution in [1.82, 2.24) is 0 Å². The Labute approximate surface area is 192 Å². The fraction of sp³-hybridized carbons (Fsp3) is 0.143. The van der Waals surface area contributed by atoms with Crippen LogP contribution in [0.2, 0.25) is 0 Å². The predicted molar refractivity (Wildman–Crippen MR) is 127 cm³/mol. The lowest BCUT2D eigenvalue weighted by molar-refractivity contribution is 0.226. The number of halogens is 3. The third-order valence-electron chi connectivity index (χ3n) is 4.95. The SMILES string of the molecule is C=C(/C=C(/F)C(=C)OCC)COc1ccc(-c2ccc(-c3ccc(C)cc3)c(F)c2F)cc1. The zero-order chi connectivity index (χ0) is 24.0. The van der Waals surface area contributed by atoms with Crippen LogP contribution in [0.25, 0.3) is 22.3 Å². The Balaban J connectivity index is 1.70. The van der Waals surface area contributed by atoms with Gasteiger partial charge in [0.15, 0.2) is 17.5 Å². The summed E-state index contributed by atoms with van der Waals surface area (Å²) in [5, 5.41) is 0. The Morgan fingerprint density at radius 3 is 1.88 bits per heavy atom. The minimum absolute atomic E-state index is 0.0421. The molecule has 170 valence electrons. The van der Waals surface area contributed by atoms with Crippen LogP contribution in [0.15, 0.2) is 97.1 Å². The summed E-state index contributed by atoms with van der Waals surface area (Å²) in [5.74, 6) is -2.01. The van der Waals surface area contributed by atoms with E-state index in [1.54, 1.807) is 55.5 Å². The molecule has 0 radical (unpaired) electrons. The molecule has 0 N–H and O–H groups in total. The largest absolute Gasteiger partial charge is 0.491 e. The van der Waals surface area contributed by atoms with Crippen molar-refractivity contribution in [1.29, 1.82) is 0 Å². The van der Waals surface area contributed by atoms with Crippen molar-refractivity contribution in [2.45, 2.75) is 13.8 Å². The number of aryl methyl sites for hydroxylation is 1. The first-order valence-electron chi connectivity index (χ1n) is 10.5. The number of allylic oxidation sites excluding steroid dienone is 1. The van der Waals surface area contributed by atoms with Crippen LogP contribution in [0.1, 0.15) is 12.5 Å². The summed E-state index contributed by atoms with van der Waals surface area (Å²) >= 11 is 0. The van der Waals surface area contributed by atoms with Gasteiger partial charge < -0.3 is 9.47 Å². The Hall–Kier alpha value is -3.73. The van der Waals surface area contributed by atoms with Gasteiger partial charge in [0, 0.05) is 11.1 Å². The molecule has 3 rings (SSSR count). The first-order valence-corrected chi connectivity index (χ1v) is 10.5.